The molecule has 4 nitrogen and oxygen atoms in total. The molecule has 2 atom stereocenters. The van der Waals surface area contributed by atoms with Gasteiger partial charge in [-0.25, -0.2) is 0 Å². The summed E-state index contributed by atoms with van der Waals surface area (Å²) in [6, 6.07) is 0. The van der Waals surface area contributed by atoms with Gasteiger partial charge in [0.25, 0.3) is 0 Å². The maximum Gasteiger partial charge on any atom is 0.303 e. The summed E-state index contributed by atoms with van der Waals surface area (Å²) in [4.78, 5) is 21.9. The van der Waals surface area contributed by atoms with Crippen LogP contribution in [0.3, 0.4) is 0 Å². The summed E-state index contributed by atoms with van der Waals surface area (Å²) in [5.41, 5.74) is -0.379. The molecule has 0 aromatic heterocycles. The first-order valence-electron chi connectivity index (χ1n) is 5.97. The van der Waals surface area contributed by atoms with Gasteiger partial charge in [0, 0.05) is 13.3 Å². The molecule has 1 saturated heterocycles. The van der Waals surface area contributed by atoms with Crippen molar-refractivity contribution < 1.29 is 19.1 Å². The first-order chi connectivity index (χ1) is 7.66. The summed E-state index contributed by atoms with van der Waals surface area (Å²) < 4.78 is 11.1. The third-order valence-corrected chi connectivity index (χ3v) is 3.58. The van der Waals surface area contributed by atoms with E-state index in [0.717, 1.165) is 32.0 Å². The Morgan fingerprint density at radius 2 is 2.06 bits per heavy atom. The fourth-order valence-corrected chi connectivity index (χ4v) is 2.88. The Hall–Kier alpha value is -0.900. The van der Waals surface area contributed by atoms with Crippen molar-refractivity contribution in [2.45, 2.75) is 63.3 Å². The molecule has 1 aliphatic carbocycles. The van der Waals surface area contributed by atoms with Crippen molar-refractivity contribution in [3.8, 4) is 0 Å². The molecule has 0 aromatic rings. The lowest BCUT2D eigenvalue weighted by molar-refractivity contribution is -0.161. The Morgan fingerprint density at radius 3 is 2.62 bits per heavy atom. The molecule has 4 heteroatoms. The van der Waals surface area contributed by atoms with Gasteiger partial charge in [0.1, 0.15) is 24.1 Å². The van der Waals surface area contributed by atoms with Gasteiger partial charge < -0.3 is 14.3 Å². The predicted molar refractivity (Wildman–Crippen MR) is 56.9 cm³/mol. The second-order valence-corrected chi connectivity index (χ2v) is 4.75. The summed E-state index contributed by atoms with van der Waals surface area (Å²) in [6.45, 7) is 1.41. The quantitative estimate of drug-likeness (QED) is 0.530. The highest BCUT2D eigenvalue weighted by Crippen LogP contribution is 2.43. The molecule has 90 valence electrons. The molecule has 1 saturated carbocycles. The topological polar surface area (TPSA) is 52.6 Å². The zero-order chi connectivity index (χ0) is 11.6. The first kappa shape index (κ1) is 11.6. The second-order valence-electron chi connectivity index (χ2n) is 4.75. The lowest BCUT2D eigenvalue weighted by Gasteiger charge is -2.36. The fourth-order valence-electron chi connectivity index (χ4n) is 2.88. The third-order valence-electron chi connectivity index (χ3n) is 3.58. The third kappa shape index (κ3) is 2.12. The minimum atomic E-state index is -0.401. The number of carbonyl (C=O) groups is 2. The van der Waals surface area contributed by atoms with E-state index in [-0.39, 0.29) is 17.7 Å². The van der Waals surface area contributed by atoms with Crippen molar-refractivity contribution in [2.75, 3.05) is 0 Å². The van der Waals surface area contributed by atoms with Crippen molar-refractivity contribution in [3.63, 3.8) is 0 Å². The van der Waals surface area contributed by atoms with Crippen LogP contribution in [0.2, 0.25) is 0 Å². The van der Waals surface area contributed by atoms with Gasteiger partial charge in [0.2, 0.25) is 0 Å². The van der Waals surface area contributed by atoms with Crippen LogP contribution in [0.25, 0.3) is 0 Å². The number of aldehydes is 1. The van der Waals surface area contributed by atoms with E-state index in [1.54, 1.807) is 0 Å². The molecule has 2 fully saturated rings. The maximum atomic E-state index is 11.1. The van der Waals surface area contributed by atoms with E-state index in [4.69, 9.17) is 9.47 Å². The zero-order valence-corrected chi connectivity index (χ0v) is 9.61. The zero-order valence-electron chi connectivity index (χ0n) is 9.61. The van der Waals surface area contributed by atoms with E-state index in [0.29, 0.717) is 6.42 Å². The number of hydrogen-bond acceptors (Lipinski definition) is 4. The molecule has 1 heterocycles. The van der Waals surface area contributed by atoms with Crippen molar-refractivity contribution in [1.82, 2.24) is 0 Å². The Balaban J connectivity index is 2.12. The van der Waals surface area contributed by atoms with Crippen LogP contribution in [-0.2, 0) is 19.1 Å². The number of carbonyl (C=O) groups excluding carboxylic acids is 2. The number of ether oxygens (including phenoxy) is 2. The summed E-state index contributed by atoms with van der Waals surface area (Å²) in [7, 11) is 0. The van der Waals surface area contributed by atoms with E-state index >= 15 is 0 Å². The molecule has 1 spiro atoms. The van der Waals surface area contributed by atoms with Gasteiger partial charge in [0.05, 0.1) is 0 Å². The Kier molecular flexibility index (Phi) is 3.28. The molecule has 2 aliphatic rings. The highest BCUT2D eigenvalue weighted by Gasteiger charge is 2.50. The van der Waals surface area contributed by atoms with Crippen LogP contribution in [0.4, 0.5) is 0 Å². The van der Waals surface area contributed by atoms with Gasteiger partial charge in [-0.3, -0.25) is 4.79 Å². The lowest BCUT2D eigenvalue weighted by Crippen LogP contribution is -2.43. The smallest absolute Gasteiger partial charge is 0.303 e. The predicted octanol–water partition coefficient (Wildman–Crippen LogP) is 1.61. The summed E-state index contributed by atoms with van der Waals surface area (Å²) >= 11 is 0. The molecule has 0 radical (unpaired) electrons. The van der Waals surface area contributed by atoms with Crippen LogP contribution in [-0.4, -0.2) is 30.1 Å². The SMILES string of the molecule is CC(=O)OC1CC(C=O)OC12CCCCC2. The van der Waals surface area contributed by atoms with Crippen molar-refractivity contribution >= 4 is 12.3 Å². The van der Waals surface area contributed by atoms with Crippen LogP contribution in [0.5, 0.6) is 0 Å². The molecule has 0 bridgehead atoms. The summed E-state index contributed by atoms with van der Waals surface area (Å²) in [6.07, 6.45) is 5.87. The second kappa shape index (κ2) is 4.53. The standard InChI is InChI=1S/C12H18O4/c1-9(14)15-11-7-10(8-13)16-12(11)5-3-2-4-6-12/h8,10-11H,2-7H2,1H3. The van der Waals surface area contributed by atoms with Crippen molar-refractivity contribution in [1.29, 1.82) is 0 Å². The normalized spacial score (nSPS) is 32.6. The van der Waals surface area contributed by atoms with Crippen molar-refractivity contribution in [2.24, 2.45) is 0 Å². The molecule has 1 aliphatic heterocycles. The van der Waals surface area contributed by atoms with Crippen LogP contribution < -0.4 is 0 Å². The molecule has 16 heavy (non-hydrogen) atoms. The van der Waals surface area contributed by atoms with Crippen LogP contribution in [0.1, 0.15) is 45.4 Å². The molecule has 2 unspecified atom stereocenters. The van der Waals surface area contributed by atoms with E-state index < -0.39 is 6.10 Å². The van der Waals surface area contributed by atoms with Crippen LogP contribution >= 0.6 is 0 Å². The van der Waals surface area contributed by atoms with Gasteiger partial charge in [0.15, 0.2) is 0 Å². The van der Waals surface area contributed by atoms with E-state index in [1.807, 2.05) is 0 Å². The molecular weight excluding hydrogens is 208 g/mol. The number of rotatable bonds is 2. The minimum absolute atomic E-state index is 0.236. The maximum absolute atomic E-state index is 11.1. The number of hydrogen-bond donors (Lipinski definition) is 0. The van der Waals surface area contributed by atoms with E-state index in [1.165, 1.54) is 13.3 Å². The highest BCUT2D eigenvalue weighted by molar-refractivity contribution is 5.66. The largest absolute Gasteiger partial charge is 0.459 e. The monoisotopic (exact) mass is 226 g/mol. The van der Waals surface area contributed by atoms with Gasteiger partial charge in [-0.05, 0) is 12.8 Å². The Bertz CT molecular complexity index is 281. The molecule has 0 aromatic carbocycles. The molecular formula is C12H18O4. The average molecular weight is 226 g/mol. The summed E-state index contributed by atoms with van der Waals surface area (Å²) in [5, 5.41) is 0. The molecule has 2 rings (SSSR count). The van der Waals surface area contributed by atoms with Crippen molar-refractivity contribution in [3.05, 3.63) is 0 Å². The van der Waals surface area contributed by atoms with Gasteiger partial charge in [-0.15, -0.1) is 0 Å². The lowest BCUT2D eigenvalue weighted by atomic mass is 9.81. The van der Waals surface area contributed by atoms with E-state index in [9.17, 15) is 9.59 Å². The van der Waals surface area contributed by atoms with Gasteiger partial charge in [-0.2, -0.15) is 0 Å². The van der Waals surface area contributed by atoms with E-state index in [2.05, 4.69) is 0 Å². The number of esters is 1. The van der Waals surface area contributed by atoms with Gasteiger partial charge in [-0.1, -0.05) is 19.3 Å². The Labute approximate surface area is 95.3 Å². The van der Waals surface area contributed by atoms with Crippen LogP contribution in [0.15, 0.2) is 0 Å². The average Bonchev–Trinajstić information content (AvgIpc) is 2.57. The van der Waals surface area contributed by atoms with Crippen LogP contribution in [0, 0.1) is 0 Å². The minimum Gasteiger partial charge on any atom is -0.459 e. The fraction of sp³-hybridized carbons (Fsp3) is 0.833. The molecule has 0 amide bonds. The molecule has 0 N–H and O–H groups in total. The summed E-state index contributed by atoms with van der Waals surface area (Å²) in [5.74, 6) is -0.287. The van der Waals surface area contributed by atoms with Gasteiger partial charge >= 0.3 is 5.97 Å². The first-order valence-corrected chi connectivity index (χ1v) is 5.97. The Morgan fingerprint density at radius 1 is 1.38 bits per heavy atom. The highest BCUT2D eigenvalue weighted by atomic mass is 16.6.